The summed E-state index contributed by atoms with van der Waals surface area (Å²) >= 11 is 0. The molecule has 0 spiro atoms. The number of carboxylic acids is 1. The van der Waals surface area contributed by atoms with Gasteiger partial charge in [0.2, 0.25) is 11.8 Å². The summed E-state index contributed by atoms with van der Waals surface area (Å²) in [5, 5.41) is 12.2. The van der Waals surface area contributed by atoms with Crippen molar-refractivity contribution in [1.29, 1.82) is 0 Å². The van der Waals surface area contributed by atoms with Crippen LogP contribution >= 0.6 is 0 Å². The van der Waals surface area contributed by atoms with Gasteiger partial charge < -0.3 is 24.8 Å². The van der Waals surface area contributed by atoms with Gasteiger partial charge in [-0.25, -0.2) is 4.79 Å². The van der Waals surface area contributed by atoms with E-state index in [1.165, 1.54) is 12.0 Å². The second kappa shape index (κ2) is 8.60. The zero-order chi connectivity index (χ0) is 20.3. The molecule has 2 N–H and O–H groups in total. The molecule has 1 aromatic rings. The number of carboxylic acid groups (broad SMARTS) is 1. The number of carbonyl (C=O) groups excluding carboxylic acids is 2. The summed E-state index contributed by atoms with van der Waals surface area (Å²) in [6.45, 7) is 3.03. The number of amides is 2. The molecule has 2 heterocycles. The topological polar surface area (TPSA) is 105 Å². The maximum absolute atomic E-state index is 12.7. The van der Waals surface area contributed by atoms with Crippen molar-refractivity contribution in [3.8, 4) is 5.75 Å². The van der Waals surface area contributed by atoms with Crippen LogP contribution < -0.4 is 15.0 Å². The van der Waals surface area contributed by atoms with E-state index in [0.717, 1.165) is 12.0 Å². The quantitative estimate of drug-likeness (QED) is 0.760. The second-order valence-corrected chi connectivity index (χ2v) is 7.38. The Morgan fingerprint density at radius 3 is 2.82 bits per heavy atom. The maximum Gasteiger partial charge on any atom is 0.326 e. The number of anilines is 1. The first kappa shape index (κ1) is 20.1. The molecule has 28 heavy (non-hydrogen) atoms. The van der Waals surface area contributed by atoms with E-state index in [-0.39, 0.29) is 24.8 Å². The number of methoxy groups -OCH3 is 1. The van der Waals surface area contributed by atoms with Crippen LogP contribution in [0.3, 0.4) is 0 Å². The van der Waals surface area contributed by atoms with E-state index >= 15 is 0 Å². The summed E-state index contributed by atoms with van der Waals surface area (Å²) in [5.41, 5.74) is 1.60. The molecular formula is C20H26N2O6. The van der Waals surface area contributed by atoms with Crippen molar-refractivity contribution in [1.82, 2.24) is 5.32 Å². The summed E-state index contributed by atoms with van der Waals surface area (Å²) in [6, 6.07) is 4.51. The van der Waals surface area contributed by atoms with E-state index in [9.17, 15) is 19.5 Å². The van der Waals surface area contributed by atoms with Gasteiger partial charge in [0, 0.05) is 25.5 Å². The first-order chi connectivity index (χ1) is 13.4. The molecule has 3 rings (SSSR count). The Morgan fingerprint density at radius 1 is 1.39 bits per heavy atom. The van der Waals surface area contributed by atoms with Crippen molar-refractivity contribution in [3.05, 3.63) is 23.8 Å². The van der Waals surface area contributed by atoms with Crippen molar-refractivity contribution < 1.29 is 29.0 Å². The zero-order valence-electron chi connectivity index (χ0n) is 16.1. The number of aliphatic carboxylic acids is 1. The Kier molecular flexibility index (Phi) is 6.18. The standard InChI is InChI=1S/C20H26N2O6/c1-12-5-6-16(27-2)15(8-12)22-10-14(9-17(22)23)19(24)21-18(20(25)26)13-4-3-7-28-11-13/h5-6,8,13-14,18H,3-4,7,9-11H2,1-2H3,(H,21,24)(H,25,26). The maximum atomic E-state index is 12.7. The zero-order valence-corrected chi connectivity index (χ0v) is 16.1. The molecule has 2 aliphatic rings. The van der Waals surface area contributed by atoms with Crippen molar-refractivity contribution in [2.24, 2.45) is 11.8 Å². The molecule has 3 atom stereocenters. The van der Waals surface area contributed by atoms with Crippen LogP contribution in [0.2, 0.25) is 0 Å². The molecule has 2 aliphatic heterocycles. The Balaban J connectivity index is 1.71. The van der Waals surface area contributed by atoms with Crippen molar-refractivity contribution >= 4 is 23.5 Å². The van der Waals surface area contributed by atoms with Gasteiger partial charge in [-0.15, -0.1) is 0 Å². The predicted molar refractivity (Wildman–Crippen MR) is 101 cm³/mol. The van der Waals surface area contributed by atoms with Crippen molar-refractivity contribution in [2.45, 2.75) is 32.2 Å². The van der Waals surface area contributed by atoms with Gasteiger partial charge in [0.25, 0.3) is 0 Å². The number of ether oxygens (including phenoxy) is 2. The molecule has 8 nitrogen and oxygen atoms in total. The van der Waals surface area contributed by atoms with Gasteiger partial charge in [0.1, 0.15) is 11.8 Å². The number of carbonyl (C=O) groups is 3. The van der Waals surface area contributed by atoms with Crippen LogP contribution in [0.15, 0.2) is 18.2 Å². The van der Waals surface area contributed by atoms with E-state index in [1.807, 2.05) is 19.1 Å². The van der Waals surface area contributed by atoms with E-state index < -0.39 is 23.8 Å². The highest BCUT2D eigenvalue weighted by atomic mass is 16.5. The average Bonchev–Trinajstić information content (AvgIpc) is 3.08. The van der Waals surface area contributed by atoms with E-state index in [0.29, 0.717) is 31.1 Å². The highest BCUT2D eigenvalue weighted by molar-refractivity contribution is 6.01. The summed E-state index contributed by atoms with van der Waals surface area (Å²) in [5.74, 6) is -1.99. The van der Waals surface area contributed by atoms with Gasteiger partial charge in [0.15, 0.2) is 0 Å². The normalized spacial score (nSPS) is 23.4. The monoisotopic (exact) mass is 390 g/mol. The van der Waals surface area contributed by atoms with Gasteiger partial charge in [-0.1, -0.05) is 6.07 Å². The van der Waals surface area contributed by atoms with Crippen molar-refractivity contribution in [3.63, 3.8) is 0 Å². The van der Waals surface area contributed by atoms with E-state index in [1.54, 1.807) is 6.07 Å². The first-order valence-corrected chi connectivity index (χ1v) is 9.46. The van der Waals surface area contributed by atoms with Crippen LogP contribution in [-0.2, 0) is 19.1 Å². The number of nitrogens with one attached hydrogen (secondary N) is 1. The fourth-order valence-corrected chi connectivity index (χ4v) is 3.81. The lowest BCUT2D eigenvalue weighted by atomic mass is 9.93. The van der Waals surface area contributed by atoms with Gasteiger partial charge in [-0.2, -0.15) is 0 Å². The third kappa shape index (κ3) is 4.27. The van der Waals surface area contributed by atoms with Crippen LogP contribution in [0.5, 0.6) is 5.75 Å². The molecule has 0 bridgehead atoms. The SMILES string of the molecule is COc1ccc(C)cc1N1CC(C(=O)NC(C(=O)O)C2CCCOC2)CC1=O. The highest BCUT2D eigenvalue weighted by Gasteiger charge is 2.39. The molecule has 152 valence electrons. The molecule has 1 aromatic carbocycles. The Morgan fingerprint density at radius 2 is 2.18 bits per heavy atom. The number of hydrogen-bond acceptors (Lipinski definition) is 5. The minimum atomic E-state index is -1.08. The smallest absolute Gasteiger partial charge is 0.326 e. The molecular weight excluding hydrogens is 364 g/mol. The van der Waals surface area contributed by atoms with Crippen LogP contribution in [0, 0.1) is 18.8 Å². The lowest BCUT2D eigenvalue weighted by Crippen LogP contribution is -2.50. The lowest BCUT2D eigenvalue weighted by Gasteiger charge is -2.28. The third-order valence-electron chi connectivity index (χ3n) is 5.35. The van der Waals surface area contributed by atoms with E-state index in [2.05, 4.69) is 5.32 Å². The lowest BCUT2D eigenvalue weighted by molar-refractivity contribution is -0.145. The predicted octanol–water partition coefficient (Wildman–Crippen LogP) is 1.35. The van der Waals surface area contributed by atoms with Gasteiger partial charge in [-0.05, 0) is 37.5 Å². The minimum absolute atomic E-state index is 0.0381. The number of rotatable bonds is 6. The molecule has 0 radical (unpaired) electrons. The third-order valence-corrected chi connectivity index (χ3v) is 5.35. The molecule has 2 fully saturated rings. The number of hydrogen-bond donors (Lipinski definition) is 2. The van der Waals surface area contributed by atoms with Gasteiger partial charge in [0.05, 0.1) is 25.3 Å². The van der Waals surface area contributed by atoms with Gasteiger partial charge >= 0.3 is 5.97 Å². The first-order valence-electron chi connectivity index (χ1n) is 9.46. The summed E-state index contributed by atoms with van der Waals surface area (Å²) in [7, 11) is 1.53. The number of aryl methyl sites for hydroxylation is 1. The molecule has 3 unspecified atom stereocenters. The highest BCUT2D eigenvalue weighted by Crippen LogP contribution is 2.34. The molecule has 2 amide bonds. The van der Waals surface area contributed by atoms with Gasteiger partial charge in [-0.3, -0.25) is 9.59 Å². The number of nitrogens with zero attached hydrogens (tertiary/aromatic N) is 1. The molecule has 0 aliphatic carbocycles. The molecule has 8 heteroatoms. The Labute approximate surface area is 163 Å². The Hall–Kier alpha value is -2.61. The van der Waals surface area contributed by atoms with Crippen molar-refractivity contribution in [2.75, 3.05) is 31.8 Å². The molecule has 2 saturated heterocycles. The van der Waals surface area contributed by atoms with Crippen LogP contribution in [0.25, 0.3) is 0 Å². The van der Waals surface area contributed by atoms with Crippen LogP contribution in [0.1, 0.15) is 24.8 Å². The second-order valence-electron chi connectivity index (χ2n) is 7.38. The Bertz CT molecular complexity index is 759. The fourth-order valence-electron chi connectivity index (χ4n) is 3.81. The summed E-state index contributed by atoms with van der Waals surface area (Å²) in [6.07, 6.45) is 1.50. The largest absolute Gasteiger partial charge is 0.495 e. The summed E-state index contributed by atoms with van der Waals surface area (Å²) in [4.78, 5) is 38.5. The number of benzene rings is 1. The fraction of sp³-hybridized carbons (Fsp3) is 0.550. The minimum Gasteiger partial charge on any atom is -0.495 e. The van der Waals surface area contributed by atoms with Crippen LogP contribution in [-0.4, -0.2) is 55.8 Å². The molecule has 0 aromatic heterocycles. The van der Waals surface area contributed by atoms with Crippen LogP contribution in [0.4, 0.5) is 5.69 Å². The average molecular weight is 390 g/mol. The van der Waals surface area contributed by atoms with E-state index in [4.69, 9.17) is 9.47 Å². The molecule has 0 saturated carbocycles. The summed E-state index contributed by atoms with van der Waals surface area (Å²) < 4.78 is 10.7.